The van der Waals surface area contributed by atoms with E-state index in [9.17, 15) is 0 Å². The van der Waals surface area contributed by atoms with Crippen LogP contribution in [-0.2, 0) is 13.6 Å². The molecule has 2 rings (SSSR count). The van der Waals surface area contributed by atoms with Crippen molar-refractivity contribution in [2.75, 3.05) is 34.3 Å². The fourth-order valence-electron chi connectivity index (χ4n) is 2.90. The predicted molar refractivity (Wildman–Crippen MR) is 126 cm³/mol. The van der Waals surface area contributed by atoms with Crippen molar-refractivity contribution in [1.29, 1.82) is 0 Å². The van der Waals surface area contributed by atoms with Gasteiger partial charge in [0.25, 0.3) is 0 Å². The van der Waals surface area contributed by atoms with Gasteiger partial charge in [-0.05, 0) is 39.6 Å². The third-order valence-corrected chi connectivity index (χ3v) is 4.39. The highest BCUT2D eigenvalue weighted by atomic mass is 127. The van der Waals surface area contributed by atoms with E-state index in [-0.39, 0.29) is 30.0 Å². The van der Waals surface area contributed by atoms with Gasteiger partial charge in [-0.25, -0.2) is 0 Å². The van der Waals surface area contributed by atoms with Crippen molar-refractivity contribution >= 4 is 29.9 Å². The molecule has 1 aromatic heterocycles. The first-order chi connectivity index (χ1) is 12.9. The van der Waals surface area contributed by atoms with Crippen LogP contribution in [0.25, 0.3) is 0 Å². The molecule has 1 unspecified atom stereocenters. The number of hydrogen-bond acceptors (Lipinski definition) is 4. The molecule has 28 heavy (non-hydrogen) atoms. The van der Waals surface area contributed by atoms with Gasteiger partial charge in [0, 0.05) is 44.5 Å². The van der Waals surface area contributed by atoms with Gasteiger partial charge in [-0.1, -0.05) is 12.1 Å². The lowest BCUT2D eigenvalue weighted by Crippen LogP contribution is -2.41. The van der Waals surface area contributed by atoms with Crippen molar-refractivity contribution in [1.82, 2.24) is 25.3 Å². The lowest BCUT2D eigenvalue weighted by Gasteiger charge is -2.24. The van der Waals surface area contributed by atoms with E-state index < -0.39 is 0 Å². The predicted octanol–water partition coefficient (Wildman–Crippen LogP) is 2.71. The number of likely N-dealkylation sites (N-methyl/N-ethyl adjacent to an activating group) is 1. The van der Waals surface area contributed by atoms with E-state index in [2.05, 4.69) is 64.8 Å². The highest BCUT2D eigenvalue weighted by molar-refractivity contribution is 14.0. The summed E-state index contributed by atoms with van der Waals surface area (Å²) in [4.78, 5) is 6.51. The number of ether oxygens (including phenoxy) is 1. The smallest absolute Gasteiger partial charge is 0.191 e. The van der Waals surface area contributed by atoms with Gasteiger partial charge in [0.2, 0.25) is 0 Å². The van der Waals surface area contributed by atoms with Crippen LogP contribution in [0.5, 0.6) is 5.75 Å². The number of rotatable bonds is 8. The van der Waals surface area contributed by atoms with E-state index in [1.807, 2.05) is 31.0 Å². The lowest BCUT2D eigenvalue weighted by molar-refractivity contribution is 0.298. The molecule has 1 atom stereocenters. The first kappa shape index (κ1) is 24.2. The van der Waals surface area contributed by atoms with Gasteiger partial charge in [-0.15, -0.1) is 24.0 Å². The molecular formula is C20H33IN6O. The first-order valence-electron chi connectivity index (χ1n) is 9.26. The molecule has 0 aliphatic rings. The number of hydrogen-bond donors (Lipinski definition) is 2. The van der Waals surface area contributed by atoms with Gasteiger partial charge >= 0.3 is 0 Å². The summed E-state index contributed by atoms with van der Waals surface area (Å²) in [7, 11) is 7.84. The summed E-state index contributed by atoms with van der Waals surface area (Å²) in [6.07, 6.45) is 3.95. The van der Waals surface area contributed by atoms with Crippen LogP contribution >= 0.6 is 24.0 Å². The Balaban J connectivity index is 0.00000392. The lowest BCUT2D eigenvalue weighted by atomic mass is 10.1. The van der Waals surface area contributed by atoms with Gasteiger partial charge in [-0.2, -0.15) is 5.10 Å². The molecule has 0 aliphatic heterocycles. The third-order valence-electron chi connectivity index (χ3n) is 4.39. The van der Waals surface area contributed by atoms with Crippen molar-refractivity contribution in [2.24, 2.45) is 12.0 Å². The molecule has 0 amide bonds. The highest BCUT2D eigenvalue weighted by Gasteiger charge is 2.16. The summed E-state index contributed by atoms with van der Waals surface area (Å²) in [6, 6.07) is 6.47. The molecule has 0 aliphatic carbocycles. The molecule has 0 fully saturated rings. The second-order valence-corrected chi connectivity index (χ2v) is 6.78. The summed E-state index contributed by atoms with van der Waals surface area (Å²) in [5.74, 6) is 1.68. The summed E-state index contributed by atoms with van der Waals surface area (Å²) < 4.78 is 7.58. The fourth-order valence-corrected chi connectivity index (χ4v) is 2.90. The first-order valence-corrected chi connectivity index (χ1v) is 9.26. The Bertz CT molecular complexity index is 759. The molecule has 2 N–H and O–H groups in total. The molecular weight excluding hydrogens is 467 g/mol. The highest BCUT2D eigenvalue weighted by Crippen LogP contribution is 2.20. The third kappa shape index (κ3) is 6.97. The van der Waals surface area contributed by atoms with E-state index in [4.69, 9.17) is 4.74 Å². The number of aliphatic imine (C=N–C) groups is 1. The van der Waals surface area contributed by atoms with Gasteiger partial charge in [0.1, 0.15) is 5.75 Å². The van der Waals surface area contributed by atoms with Gasteiger partial charge in [0.15, 0.2) is 5.96 Å². The Morgan fingerprint density at radius 2 is 2.07 bits per heavy atom. The van der Waals surface area contributed by atoms with E-state index in [0.29, 0.717) is 13.2 Å². The molecule has 1 aromatic carbocycles. The fraction of sp³-hybridized carbons (Fsp3) is 0.500. The Kier molecular flexibility index (Phi) is 10.3. The number of nitrogens with one attached hydrogen (secondary N) is 2. The zero-order valence-corrected chi connectivity index (χ0v) is 20.0. The summed E-state index contributed by atoms with van der Waals surface area (Å²) in [5, 5.41) is 11.1. The minimum Gasteiger partial charge on any atom is -0.494 e. The van der Waals surface area contributed by atoms with Gasteiger partial charge < -0.3 is 20.3 Å². The van der Waals surface area contributed by atoms with E-state index >= 15 is 0 Å². The monoisotopic (exact) mass is 500 g/mol. The van der Waals surface area contributed by atoms with Gasteiger partial charge in [-0.3, -0.25) is 9.67 Å². The molecule has 0 bridgehead atoms. The molecule has 156 valence electrons. The van der Waals surface area contributed by atoms with Crippen LogP contribution in [0.4, 0.5) is 0 Å². The number of halogens is 1. The van der Waals surface area contributed by atoms with Crippen LogP contribution in [-0.4, -0.2) is 54.9 Å². The van der Waals surface area contributed by atoms with Crippen LogP contribution < -0.4 is 15.4 Å². The quantitative estimate of drug-likeness (QED) is 0.332. The van der Waals surface area contributed by atoms with Crippen LogP contribution in [0.1, 0.15) is 29.7 Å². The topological polar surface area (TPSA) is 66.7 Å². The molecule has 0 saturated carbocycles. The molecule has 1 heterocycles. The van der Waals surface area contributed by atoms with Gasteiger partial charge in [0.05, 0.1) is 18.8 Å². The Morgan fingerprint density at radius 1 is 1.32 bits per heavy atom. The second-order valence-electron chi connectivity index (χ2n) is 6.78. The number of aromatic nitrogens is 2. The standard InChI is InChI=1S/C20H32N6O.HI/c1-7-27-19-10-15(2)8-9-16(19)11-22-20(21-3)23-13-18(25(4)5)17-12-24-26(6)14-17;/h8-10,12,14,18H,7,11,13H2,1-6H3,(H2,21,22,23);1H. The number of guanidine groups is 1. The normalized spacial score (nSPS) is 12.5. The Labute approximate surface area is 185 Å². The van der Waals surface area contributed by atoms with Crippen LogP contribution in [0.15, 0.2) is 35.6 Å². The SMILES string of the molecule is CCOc1cc(C)ccc1CNC(=NC)NCC(c1cnn(C)c1)N(C)C.I. The number of aryl methyl sites for hydroxylation is 2. The molecule has 0 radical (unpaired) electrons. The minimum absolute atomic E-state index is 0. The molecule has 7 nitrogen and oxygen atoms in total. The second kappa shape index (κ2) is 11.9. The van der Waals surface area contributed by atoms with Crippen molar-refractivity contribution < 1.29 is 4.74 Å². The van der Waals surface area contributed by atoms with Crippen LogP contribution in [0, 0.1) is 6.92 Å². The largest absolute Gasteiger partial charge is 0.494 e. The van der Waals surface area contributed by atoms with E-state index in [1.165, 1.54) is 11.1 Å². The molecule has 8 heteroatoms. The zero-order chi connectivity index (χ0) is 19.8. The number of nitrogens with zero attached hydrogens (tertiary/aromatic N) is 4. The summed E-state index contributed by atoms with van der Waals surface area (Å²) >= 11 is 0. The maximum absolute atomic E-state index is 5.76. The van der Waals surface area contributed by atoms with E-state index in [0.717, 1.165) is 23.8 Å². The average Bonchev–Trinajstić information content (AvgIpc) is 3.05. The van der Waals surface area contributed by atoms with Crippen molar-refractivity contribution in [3.8, 4) is 5.75 Å². The molecule has 0 saturated heterocycles. The van der Waals surface area contributed by atoms with Crippen molar-refractivity contribution in [3.63, 3.8) is 0 Å². The molecule has 0 spiro atoms. The van der Waals surface area contributed by atoms with Crippen molar-refractivity contribution in [2.45, 2.75) is 26.4 Å². The number of benzene rings is 1. The van der Waals surface area contributed by atoms with Crippen LogP contribution in [0.3, 0.4) is 0 Å². The summed E-state index contributed by atoms with van der Waals surface area (Å²) in [5.41, 5.74) is 3.47. The minimum atomic E-state index is 0. The Hall–Kier alpha value is -1.81. The van der Waals surface area contributed by atoms with Crippen molar-refractivity contribution in [3.05, 3.63) is 47.3 Å². The maximum atomic E-state index is 5.76. The van der Waals surface area contributed by atoms with E-state index in [1.54, 1.807) is 7.05 Å². The Morgan fingerprint density at radius 3 is 2.64 bits per heavy atom. The maximum Gasteiger partial charge on any atom is 0.191 e. The molecule has 2 aromatic rings. The summed E-state index contributed by atoms with van der Waals surface area (Å²) in [6.45, 7) is 6.10. The van der Waals surface area contributed by atoms with Crippen LogP contribution in [0.2, 0.25) is 0 Å². The zero-order valence-electron chi connectivity index (χ0n) is 17.7. The average molecular weight is 500 g/mol.